The second kappa shape index (κ2) is 8.93. The lowest BCUT2D eigenvalue weighted by atomic mass is 10.1. The van der Waals surface area contributed by atoms with E-state index in [1.165, 1.54) is 39.4 Å². The van der Waals surface area contributed by atoms with E-state index in [4.69, 9.17) is 27.9 Å². The van der Waals surface area contributed by atoms with Gasteiger partial charge in [-0.2, -0.15) is 0 Å². The van der Waals surface area contributed by atoms with E-state index in [0.29, 0.717) is 22.2 Å². The molecule has 0 aliphatic carbocycles. The largest absolute Gasteiger partial charge is 0.495 e. The number of carbonyl (C=O) groups excluding carboxylic acids is 1. The van der Waals surface area contributed by atoms with Gasteiger partial charge in [-0.25, -0.2) is 12.7 Å². The molecule has 146 valence electrons. The number of nitrogens with zero attached hydrogens (tertiary/aromatic N) is 1. The van der Waals surface area contributed by atoms with Gasteiger partial charge in [-0.05, 0) is 42.3 Å². The molecule has 2 rings (SSSR count). The number of sulfonamides is 1. The van der Waals surface area contributed by atoms with Crippen molar-refractivity contribution < 1.29 is 17.9 Å². The van der Waals surface area contributed by atoms with Crippen molar-refractivity contribution in [1.82, 2.24) is 4.31 Å². The lowest BCUT2D eigenvalue weighted by molar-refractivity contribution is -0.116. The molecule has 2 aromatic carbocycles. The van der Waals surface area contributed by atoms with Gasteiger partial charge in [0.1, 0.15) is 5.75 Å². The number of hydrogen-bond acceptors (Lipinski definition) is 4. The summed E-state index contributed by atoms with van der Waals surface area (Å²) in [6.45, 7) is 0. The Morgan fingerprint density at radius 3 is 2.44 bits per heavy atom. The topological polar surface area (TPSA) is 75.7 Å². The number of rotatable bonds is 7. The Balaban J connectivity index is 2.16. The first-order valence-electron chi connectivity index (χ1n) is 7.99. The molecule has 27 heavy (non-hydrogen) atoms. The molecule has 1 amide bonds. The molecule has 0 spiro atoms. The molecular weight excluding hydrogens is 411 g/mol. The number of carbonyl (C=O) groups is 1. The number of hydrogen-bond donors (Lipinski definition) is 1. The van der Waals surface area contributed by atoms with Crippen LogP contribution in [-0.2, 0) is 21.2 Å². The number of anilines is 1. The summed E-state index contributed by atoms with van der Waals surface area (Å²) < 4.78 is 30.9. The van der Waals surface area contributed by atoms with E-state index < -0.39 is 10.0 Å². The standard InChI is InChI=1S/C18H20Cl2N2O4S/c1-22(2)27(24,25)14-7-8-17(26-3)16(11-14)21-18(23)9-5-12-4-6-13(19)10-15(12)20/h4,6-8,10-11H,5,9H2,1-3H3,(H,21,23). The molecule has 6 nitrogen and oxygen atoms in total. The zero-order valence-corrected chi connectivity index (χ0v) is 17.5. The van der Waals surface area contributed by atoms with Gasteiger partial charge in [0.05, 0.1) is 17.7 Å². The normalized spacial score (nSPS) is 11.5. The molecule has 0 fully saturated rings. The fourth-order valence-electron chi connectivity index (χ4n) is 2.34. The number of halogens is 2. The van der Waals surface area contributed by atoms with Gasteiger partial charge >= 0.3 is 0 Å². The number of ether oxygens (including phenoxy) is 1. The van der Waals surface area contributed by atoms with Gasteiger partial charge in [0.2, 0.25) is 15.9 Å². The highest BCUT2D eigenvalue weighted by atomic mass is 35.5. The second-order valence-electron chi connectivity index (χ2n) is 5.93. The highest BCUT2D eigenvalue weighted by molar-refractivity contribution is 7.89. The molecule has 0 heterocycles. The summed E-state index contributed by atoms with van der Waals surface area (Å²) in [5, 5.41) is 3.72. The number of aryl methyl sites for hydroxylation is 1. The monoisotopic (exact) mass is 430 g/mol. The average Bonchev–Trinajstić information content (AvgIpc) is 2.60. The smallest absolute Gasteiger partial charge is 0.242 e. The van der Waals surface area contributed by atoms with Gasteiger partial charge in [-0.1, -0.05) is 29.3 Å². The van der Waals surface area contributed by atoms with Crippen LogP contribution in [0.15, 0.2) is 41.3 Å². The van der Waals surface area contributed by atoms with Crippen molar-refractivity contribution in [3.63, 3.8) is 0 Å². The van der Waals surface area contributed by atoms with E-state index in [9.17, 15) is 13.2 Å². The lowest BCUT2D eigenvalue weighted by Gasteiger charge is -2.15. The van der Waals surface area contributed by atoms with E-state index in [1.807, 2.05) is 0 Å². The highest BCUT2D eigenvalue weighted by Crippen LogP contribution is 2.29. The summed E-state index contributed by atoms with van der Waals surface area (Å²) in [6, 6.07) is 9.40. The van der Waals surface area contributed by atoms with Crippen LogP contribution in [0.5, 0.6) is 5.75 Å². The average molecular weight is 431 g/mol. The van der Waals surface area contributed by atoms with Crippen LogP contribution in [0.2, 0.25) is 10.0 Å². The van der Waals surface area contributed by atoms with Crippen molar-refractivity contribution in [2.75, 3.05) is 26.5 Å². The van der Waals surface area contributed by atoms with E-state index in [0.717, 1.165) is 9.87 Å². The van der Waals surface area contributed by atoms with Gasteiger partial charge in [0, 0.05) is 30.6 Å². The fraction of sp³-hybridized carbons (Fsp3) is 0.278. The Bertz CT molecular complexity index is 946. The predicted molar refractivity (Wildman–Crippen MR) is 107 cm³/mol. The molecule has 9 heteroatoms. The van der Waals surface area contributed by atoms with Crippen LogP contribution in [0.25, 0.3) is 0 Å². The highest BCUT2D eigenvalue weighted by Gasteiger charge is 2.20. The summed E-state index contributed by atoms with van der Waals surface area (Å²) >= 11 is 12.0. The maximum absolute atomic E-state index is 12.3. The quantitative estimate of drug-likeness (QED) is 0.723. The molecule has 1 N–H and O–H groups in total. The molecule has 0 aliphatic heterocycles. The van der Waals surface area contributed by atoms with Crippen molar-refractivity contribution in [2.24, 2.45) is 0 Å². The van der Waals surface area contributed by atoms with Gasteiger partial charge in [-0.3, -0.25) is 4.79 Å². The minimum atomic E-state index is -3.63. The Hall–Kier alpha value is -1.80. The predicted octanol–water partition coefficient (Wildman–Crippen LogP) is 3.82. The maximum atomic E-state index is 12.3. The molecule has 2 aromatic rings. The third-order valence-corrected chi connectivity index (χ3v) is 6.26. The van der Waals surface area contributed by atoms with Crippen LogP contribution in [0, 0.1) is 0 Å². The minimum absolute atomic E-state index is 0.0596. The summed E-state index contributed by atoms with van der Waals surface area (Å²) in [5.41, 5.74) is 1.08. The fourth-order valence-corrected chi connectivity index (χ4v) is 3.77. The first kappa shape index (κ1) is 21.5. The molecule has 0 saturated carbocycles. The van der Waals surface area contributed by atoms with E-state index >= 15 is 0 Å². The van der Waals surface area contributed by atoms with Crippen molar-refractivity contribution in [2.45, 2.75) is 17.7 Å². The van der Waals surface area contributed by atoms with Crippen molar-refractivity contribution in [3.05, 3.63) is 52.0 Å². The van der Waals surface area contributed by atoms with E-state index in [1.54, 1.807) is 18.2 Å². The zero-order chi connectivity index (χ0) is 20.2. The Morgan fingerprint density at radius 1 is 1.15 bits per heavy atom. The molecule has 0 atom stereocenters. The molecule has 0 aromatic heterocycles. The van der Waals surface area contributed by atoms with Crippen LogP contribution >= 0.6 is 23.2 Å². The Kier molecular flexibility index (Phi) is 7.11. The summed E-state index contributed by atoms with van der Waals surface area (Å²) in [4.78, 5) is 12.4. The number of methoxy groups -OCH3 is 1. The van der Waals surface area contributed by atoms with Gasteiger partial charge < -0.3 is 10.1 Å². The molecule has 0 bridgehead atoms. The third-order valence-electron chi connectivity index (χ3n) is 3.86. The Labute approximate surface area is 169 Å². The number of nitrogens with one attached hydrogen (secondary N) is 1. The molecule has 0 unspecified atom stereocenters. The molecule has 0 radical (unpaired) electrons. The summed E-state index contributed by atoms with van der Waals surface area (Å²) in [5.74, 6) is 0.0734. The molecular formula is C18H20Cl2N2O4S. The SMILES string of the molecule is COc1ccc(S(=O)(=O)N(C)C)cc1NC(=O)CCc1ccc(Cl)cc1Cl. The van der Waals surface area contributed by atoms with Gasteiger partial charge in [-0.15, -0.1) is 0 Å². The Morgan fingerprint density at radius 2 is 1.85 bits per heavy atom. The van der Waals surface area contributed by atoms with Crippen LogP contribution in [-0.4, -0.2) is 39.8 Å². The van der Waals surface area contributed by atoms with Crippen molar-refractivity contribution >= 4 is 44.8 Å². The zero-order valence-electron chi connectivity index (χ0n) is 15.1. The molecule has 0 saturated heterocycles. The third kappa shape index (κ3) is 5.35. The minimum Gasteiger partial charge on any atom is -0.495 e. The van der Waals surface area contributed by atoms with Crippen LogP contribution < -0.4 is 10.1 Å². The maximum Gasteiger partial charge on any atom is 0.242 e. The number of benzene rings is 2. The van der Waals surface area contributed by atoms with Crippen molar-refractivity contribution in [1.29, 1.82) is 0 Å². The van der Waals surface area contributed by atoms with Crippen LogP contribution in [0.4, 0.5) is 5.69 Å². The van der Waals surface area contributed by atoms with Gasteiger partial charge in [0.25, 0.3) is 0 Å². The van der Waals surface area contributed by atoms with Crippen molar-refractivity contribution in [3.8, 4) is 5.75 Å². The van der Waals surface area contributed by atoms with E-state index in [2.05, 4.69) is 5.32 Å². The van der Waals surface area contributed by atoms with E-state index in [-0.39, 0.29) is 22.9 Å². The van der Waals surface area contributed by atoms with Gasteiger partial charge in [0.15, 0.2) is 0 Å². The first-order chi connectivity index (χ1) is 12.6. The number of amides is 1. The summed E-state index contributed by atoms with van der Waals surface area (Å²) in [7, 11) is 0.691. The second-order valence-corrected chi connectivity index (χ2v) is 8.93. The lowest BCUT2D eigenvalue weighted by Crippen LogP contribution is -2.22. The van der Waals surface area contributed by atoms with Crippen LogP contribution in [0.1, 0.15) is 12.0 Å². The molecule has 0 aliphatic rings. The first-order valence-corrected chi connectivity index (χ1v) is 10.2. The summed E-state index contributed by atoms with van der Waals surface area (Å²) in [6.07, 6.45) is 0.578. The van der Waals surface area contributed by atoms with Crippen LogP contribution in [0.3, 0.4) is 0 Å².